The molecule has 0 aliphatic heterocycles. The molecular weight excluding hydrogens is 234 g/mol. The first-order chi connectivity index (χ1) is 7.11. The van der Waals surface area contributed by atoms with Crippen LogP contribution in [0.15, 0.2) is 0 Å². The van der Waals surface area contributed by atoms with Crippen LogP contribution in [0.2, 0.25) is 0 Å². The van der Waals surface area contributed by atoms with E-state index in [1.54, 1.807) is 0 Å². The van der Waals surface area contributed by atoms with E-state index in [0.717, 1.165) is 6.26 Å². The number of carbonyl (C=O) groups is 2. The van der Waals surface area contributed by atoms with Crippen molar-refractivity contribution in [2.45, 2.75) is 26.3 Å². The summed E-state index contributed by atoms with van der Waals surface area (Å²) in [5, 5.41) is 11.0. The molecule has 1 atom stereocenters. The van der Waals surface area contributed by atoms with Gasteiger partial charge >= 0.3 is 5.97 Å². The molecule has 0 saturated carbocycles. The smallest absolute Gasteiger partial charge is 0.326 e. The average Bonchev–Trinajstić information content (AvgIpc) is 1.97. The minimum absolute atomic E-state index is 0.0969. The molecule has 2 N–H and O–H groups in total. The summed E-state index contributed by atoms with van der Waals surface area (Å²) in [6.07, 6.45) is 1.19. The molecule has 0 rings (SSSR count). The third-order valence-electron chi connectivity index (χ3n) is 1.73. The summed E-state index contributed by atoms with van der Waals surface area (Å²) < 4.78 is 21.6. The lowest BCUT2D eigenvalue weighted by molar-refractivity contribution is -0.141. The summed E-state index contributed by atoms with van der Waals surface area (Å²) in [5.41, 5.74) is 0. The number of carbonyl (C=O) groups excluding carboxylic acids is 1. The second kappa shape index (κ2) is 5.83. The highest BCUT2D eigenvalue weighted by Crippen LogP contribution is 2.04. The number of rotatable bonds is 6. The van der Waals surface area contributed by atoms with Gasteiger partial charge in [-0.05, 0) is 12.3 Å². The van der Waals surface area contributed by atoms with E-state index in [1.165, 1.54) is 0 Å². The van der Waals surface area contributed by atoms with Gasteiger partial charge in [-0.3, -0.25) is 4.79 Å². The van der Waals surface area contributed by atoms with Crippen LogP contribution in [-0.4, -0.2) is 43.5 Å². The SMILES string of the molecule is CC(C)CC(NC(=O)CS(C)(=O)=O)C(=O)O. The van der Waals surface area contributed by atoms with E-state index in [-0.39, 0.29) is 12.3 Å². The molecule has 0 spiro atoms. The van der Waals surface area contributed by atoms with Gasteiger partial charge in [-0.2, -0.15) is 0 Å². The summed E-state index contributed by atoms with van der Waals surface area (Å²) in [4.78, 5) is 22.0. The molecule has 0 fully saturated rings. The van der Waals surface area contributed by atoms with Gasteiger partial charge in [0, 0.05) is 6.26 Å². The van der Waals surface area contributed by atoms with Gasteiger partial charge in [0.15, 0.2) is 9.84 Å². The van der Waals surface area contributed by atoms with Crippen LogP contribution in [-0.2, 0) is 19.4 Å². The van der Waals surface area contributed by atoms with E-state index in [2.05, 4.69) is 5.32 Å². The maximum absolute atomic E-state index is 11.2. The van der Waals surface area contributed by atoms with Crippen molar-refractivity contribution < 1.29 is 23.1 Å². The normalized spacial score (nSPS) is 13.5. The number of nitrogens with one attached hydrogen (secondary N) is 1. The lowest BCUT2D eigenvalue weighted by atomic mass is 10.0. The number of hydrogen-bond donors (Lipinski definition) is 2. The number of amides is 1. The molecule has 1 unspecified atom stereocenters. The Morgan fingerprint density at radius 1 is 1.31 bits per heavy atom. The summed E-state index contributed by atoms with van der Waals surface area (Å²) >= 11 is 0. The van der Waals surface area contributed by atoms with Crippen molar-refractivity contribution in [2.24, 2.45) is 5.92 Å². The molecule has 7 heteroatoms. The van der Waals surface area contributed by atoms with E-state index in [1.807, 2.05) is 13.8 Å². The molecule has 0 saturated heterocycles. The van der Waals surface area contributed by atoms with Crippen molar-refractivity contribution >= 4 is 21.7 Å². The largest absolute Gasteiger partial charge is 0.480 e. The van der Waals surface area contributed by atoms with Crippen molar-refractivity contribution in [1.82, 2.24) is 5.32 Å². The summed E-state index contributed by atoms with van der Waals surface area (Å²) in [7, 11) is -3.43. The van der Waals surface area contributed by atoms with Crippen molar-refractivity contribution in [3.05, 3.63) is 0 Å². The zero-order chi connectivity index (χ0) is 12.9. The minimum Gasteiger partial charge on any atom is -0.480 e. The van der Waals surface area contributed by atoms with Gasteiger partial charge in [0.05, 0.1) is 0 Å². The monoisotopic (exact) mass is 251 g/mol. The zero-order valence-electron chi connectivity index (χ0n) is 9.56. The van der Waals surface area contributed by atoms with Crippen molar-refractivity contribution in [3.8, 4) is 0 Å². The van der Waals surface area contributed by atoms with E-state index >= 15 is 0 Å². The van der Waals surface area contributed by atoms with Crippen LogP contribution in [0.3, 0.4) is 0 Å². The highest BCUT2D eigenvalue weighted by molar-refractivity contribution is 7.91. The second-order valence-corrected chi connectivity index (χ2v) is 6.30. The molecule has 6 nitrogen and oxygen atoms in total. The fraction of sp³-hybridized carbons (Fsp3) is 0.778. The molecule has 0 aromatic rings. The van der Waals surface area contributed by atoms with Crippen molar-refractivity contribution in [3.63, 3.8) is 0 Å². The second-order valence-electron chi connectivity index (χ2n) is 4.16. The van der Waals surface area contributed by atoms with Crippen LogP contribution in [0.25, 0.3) is 0 Å². The Morgan fingerprint density at radius 2 is 1.81 bits per heavy atom. The number of sulfone groups is 1. The highest BCUT2D eigenvalue weighted by Gasteiger charge is 2.22. The van der Waals surface area contributed by atoms with Gasteiger partial charge in [0.2, 0.25) is 5.91 Å². The third kappa shape index (κ3) is 7.22. The molecule has 0 aliphatic carbocycles. The van der Waals surface area contributed by atoms with Crippen LogP contribution in [0, 0.1) is 5.92 Å². The minimum atomic E-state index is -3.43. The lowest BCUT2D eigenvalue weighted by Crippen LogP contribution is -2.43. The number of aliphatic carboxylic acids is 1. The first-order valence-corrected chi connectivity index (χ1v) is 6.87. The Morgan fingerprint density at radius 3 is 2.12 bits per heavy atom. The van der Waals surface area contributed by atoms with Crippen LogP contribution in [0.5, 0.6) is 0 Å². The van der Waals surface area contributed by atoms with Crippen LogP contribution >= 0.6 is 0 Å². The molecule has 0 heterocycles. The van der Waals surface area contributed by atoms with E-state index in [4.69, 9.17) is 5.11 Å². The average molecular weight is 251 g/mol. The van der Waals surface area contributed by atoms with Crippen LogP contribution in [0.4, 0.5) is 0 Å². The Hall–Kier alpha value is -1.11. The maximum Gasteiger partial charge on any atom is 0.326 e. The quantitative estimate of drug-likeness (QED) is 0.671. The zero-order valence-corrected chi connectivity index (χ0v) is 10.4. The van der Waals surface area contributed by atoms with Gasteiger partial charge in [0.25, 0.3) is 0 Å². The van der Waals surface area contributed by atoms with Gasteiger partial charge in [-0.25, -0.2) is 13.2 Å². The molecular formula is C9H17NO5S. The Balaban J connectivity index is 4.41. The standard InChI is InChI=1S/C9H17NO5S/c1-6(2)4-7(9(12)13)10-8(11)5-16(3,14)15/h6-7H,4-5H2,1-3H3,(H,10,11)(H,12,13). The number of carboxylic acid groups (broad SMARTS) is 1. The summed E-state index contributed by atoms with van der Waals surface area (Å²) in [6.45, 7) is 3.64. The first-order valence-electron chi connectivity index (χ1n) is 4.81. The molecule has 0 aromatic carbocycles. The highest BCUT2D eigenvalue weighted by atomic mass is 32.2. The molecule has 0 aliphatic rings. The summed E-state index contributed by atoms with van der Waals surface area (Å²) in [5.74, 6) is -2.53. The number of carboxylic acids is 1. The van der Waals surface area contributed by atoms with E-state index < -0.39 is 33.5 Å². The predicted molar refractivity (Wildman–Crippen MR) is 58.7 cm³/mol. The van der Waals surface area contributed by atoms with Gasteiger partial charge in [-0.15, -0.1) is 0 Å². The Labute approximate surface area is 95.0 Å². The van der Waals surface area contributed by atoms with Gasteiger partial charge in [0.1, 0.15) is 11.8 Å². The molecule has 0 radical (unpaired) electrons. The van der Waals surface area contributed by atoms with Crippen molar-refractivity contribution in [1.29, 1.82) is 0 Å². The third-order valence-corrected chi connectivity index (χ3v) is 2.52. The predicted octanol–water partition coefficient (Wildman–Crippen LogP) is -0.353. The van der Waals surface area contributed by atoms with Gasteiger partial charge < -0.3 is 10.4 Å². The Kier molecular flexibility index (Phi) is 5.43. The number of hydrogen-bond acceptors (Lipinski definition) is 4. The molecule has 1 amide bonds. The fourth-order valence-electron chi connectivity index (χ4n) is 1.17. The van der Waals surface area contributed by atoms with Crippen LogP contribution in [0.1, 0.15) is 20.3 Å². The molecule has 0 bridgehead atoms. The topological polar surface area (TPSA) is 101 Å². The first kappa shape index (κ1) is 14.9. The van der Waals surface area contributed by atoms with E-state index in [0.29, 0.717) is 0 Å². The maximum atomic E-state index is 11.2. The molecule has 0 aromatic heterocycles. The summed E-state index contributed by atoms with van der Waals surface area (Å²) in [6, 6.07) is -1.03. The van der Waals surface area contributed by atoms with E-state index in [9.17, 15) is 18.0 Å². The lowest BCUT2D eigenvalue weighted by Gasteiger charge is -2.15. The molecule has 16 heavy (non-hydrogen) atoms. The van der Waals surface area contributed by atoms with Gasteiger partial charge in [-0.1, -0.05) is 13.8 Å². The van der Waals surface area contributed by atoms with Crippen molar-refractivity contribution in [2.75, 3.05) is 12.0 Å². The molecule has 94 valence electrons. The fourth-order valence-corrected chi connectivity index (χ4v) is 1.73. The Bertz CT molecular complexity index is 360. The van der Waals surface area contributed by atoms with Crippen LogP contribution < -0.4 is 5.32 Å².